The summed E-state index contributed by atoms with van der Waals surface area (Å²) in [6.07, 6.45) is 0. The third kappa shape index (κ3) is 1.51. The van der Waals surface area contributed by atoms with Gasteiger partial charge in [0.15, 0.2) is 0 Å². The minimum absolute atomic E-state index is 0.696. The molecule has 1 fully saturated rings. The molecule has 0 bridgehead atoms. The molecule has 0 aliphatic carbocycles. The Labute approximate surface area is 84.1 Å². The summed E-state index contributed by atoms with van der Waals surface area (Å²) in [5.74, 6) is 0. The molecular formula is C7H7O3PPb. The molecule has 1 saturated heterocycles. The van der Waals surface area contributed by atoms with Gasteiger partial charge in [-0.3, -0.25) is 0 Å². The first-order chi connectivity index (χ1) is 5.71. The summed E-state index contributed by atoms with van der Waals surface area (Å²) in [6, 6.07) is 7.46. The Morgan fingerprint density at radius 3 is 2.67 bits per heavy atom. The normalized spacial score (nSPS) is 20.1. The number of rotatable bonds is 1. The standard InChI is InChI=1S/C7H9O3P.Pb/c1-6-3-2-4-7(5-6)11(8,9)10;/h2-5H,1H3,(H2,8,9,10);/q;+2/p-2. The van der Waals surface area contributed by atoms with E-state index in [1.807, 2.05) is 25.1 Å². The van der Waals surface area contributed by atoms with Gasteiger partial charge in [-0.05, 0) is 0 Å². The Morgan fingerprint density at radius 2 is 2.17 bits per heavy atom. The Balaban J connectivity index is 2.40. The molecule has 0 aromatic heterocycles. The van der Waals surface area contributed by atoms with Gasteiger partial charge in [0.1, 0.15) is 0 Å². The summed E-state index contributed by atoms with van der Waals surface area (Å²) < 4.78 is 21.8. The molecule has 3 nitrogen and oxygen atoms in total. The van der Waals surface area contributed by atoms with Crippen LogP contribution in [0.5, 0.6) is 0 Å². The first kappa shape index (κ1) is 8.87. The van der Waals surface area contributed by atoms with Crippen molar-refractivity contribution in [2.24, 2.45) is 0 Å². The number of aryl methyl sites for hydroxylation is 1. The number of hydrogen-bond acceptors (Lipinski definition) is 3. The van der Waals surface area contributed by atoms with E-state index in [2.05, 4.69) is 0 Å². The van der Waals surface area contributed by atoms with Gasteiger partial charge in [-0.25, -0.2) is 0 Å². The zero-order valence-electron chi connectivity index (χ0n) is 6.48. The van der Waals surface area contributed by atoms with E-state index in [1.54, 1.807) is 6.07 Å². The Morgan fingerprint density at radius 1 is 1.42 bits per heavy atom. The molecule has 2 rings (SSSR count). The number of hydrogen-bond donors (Lipinski definition) is 0. The molecule has 0 saturated carbocycles. The molecule has 0 N–H and O–H groups in total. The predicted octanol–water partition coefficient (Wildman–Crippen LogP) is 1.39. The van der Waals surface area contributed by atoms with Gasteiger partial charge in [-0.1, -0.05) is 0 Å². The Hall–Kier alpha value is 0.292. The Kier molecular flexibility index (Phi) is 2.38. The van der Waals surface area contributed by atoms with E-state index < -0.39 is 32.7 Å². The zero-order valence-corrected chi connectivity index (χ0v) is 11.3. The molecule has 1 aromatic rings. The molecule has 2 radical (unpaired) electrons. The van der Waals surface area contributed by atoms with Crippen molar-refractivity contribution in [1.82, 2.24) is 0 Å². The van der Waals surface area contributed by atoms with Gasteiger partial charge in [-0.2, -0.15) is 0 Å². The molecule has 1 aliphatic heterocycles. The van der Waals surface area contributed by atoms with Gasteiger partial charge in [0.25, 0.3) is 0 Å². The monoisotopic (exact) mass is 378 g/mol. The third-order valence-electron chi connectivity index (χ3n) is 1.63. The molecule has 62 valence electrons. The van der Waals surface area contributed by atoms with Crippen molar-refractivity contribution < 1.29 is 9.51 Å². The van der Waals surface area contributed by atoms with E-state index in [9.17, 15) is 4.57 Å². The summed E-state index contributed by atoms with van der Waals surface area (Å²) >= 11 is -1.34. The van der Waals surface area contributed by atoms with E-state index in [0.717, 1.165) is 5.56 Å². The first-order valence-corrected chi connectivity index (χ1v) is 8.22. The second-order valence-corrected chi connectivity index (χ2v) is 9.39. The van der Waals surface area contributed by atoms with Crippen LogP contribution in [0.2, 0.25) is 0 Å². The molecule has 0 unspecified atom stereocenters. The quantitative estimate of drug-likeness (QED) is 0.548. The summed E-state index contributed by atoms with van der Waals surface area (Å²) in [5.41, 5.74) is 1.08. The van der Waals surface area contributed by atoms with Crippen LogP contribution in [-0.4, -0.2) is 25.1 Å². The van der Waals surface area contributed by atoms with Crippen LogP contribution in [0.25, 0.3) is 0 Å². The molecule has 0 amide bonds. The average molecular weight is 377 g/mol. The third-order valence-corrected chi connectivity index (χ3v) is 10.5. The van der Waals surface area contributed by atoms with Crippen LogP contribution < -0.4 is 5.30 Å². The van der Waals surface area contributed by atoms with Crippen LogP contribution in [0.3, 0.4) is 0 Å². The van der Waals surface area contributed by atoms with Crippen molar-refractivity contribution in [1.29, 1.82) is 0 Å². The van der Waals surface area contributed by atoms with Gasteiger partial charge in [-0.15, -0.1) is 0 Å². The molecule has 1 aromatic carbocycles. The van der Waals surface area contributed by atoms with Crippen molar-refractivity contribution in [3.05, 3.63) is 29.8 Å². The molecular weight excluding hydrogens is 370 g/mol. The topological polar surface area (TPSA) is 35.5 Å². The SMILES string of the molecule is Cc1cccc(P2(=O)[O][Pb][O]2)c1. The van der Waals surface area contributed by atoms with Crippen LogP contribution in [0, 0.1) is 6.92 Å². The van der Waals surface area contributed by atoms with Gasteiger partial charge < -0.3 is 0 Å². The summed E-state index contributed by atoms with van der Waals surface area (Å²) in [6.45, 7) is 1.96. The average Bonchev–Trinajstić information content (AvgIpc) is 2.00. The number of benzene rings is 1. The van der Waals surface area contributed by atoms with Crippen molar-refractivity contribution >= 4 is 38.0 Å². The second kappa shape index (κ2) is 3.21. The molecule has 0 atom stereocenters. The van der Waals surface area contributed by atoms with Crippen molar-refractivity contribution in [3.63, 3.8) is 0 Å². The maximum absolute atomic E-state index is 11.6. The molecule has 5 heteroatoms. The second-order valence-electron chi connectivity index (χ2n) is 2.60. The maximum atomic E-state index is 11.6. The van der Waals surface area contributed by atoms with E-state index in [1.165, 1.54) is 0 Å². The fraction of sp³-hybridized carbons (Fsp3) is 0.143. The fourth-order valence-electron chi connectivity index (χ4n) is 1.01. The minimum atomic E-state index is -2.79. The van der Waals surface area contributed by atoms with Gasteiger partial charge in [0.05, 0.1) is 0 Å². The summed E-state index contributed by atoms with van der Waals surface area (Å²) in [5, 5.41) is 0.696. The first-order valence-electron chi connectivity index (χ1n) is 3.50. The van der Waals surface area contributed by atoms with E-state index in [-0.39, 0.29) is 0 Å². The van der Waals surface area contributed by atoms with Gasteiger partial charge >= 0.3 is 84.3 Å². The zero-order chi connectivity index (χ0) is 8.60. The molecule has 0 spiro atoms. The molecule has 12 heavy (non-hydrogen) atoms. The Bertz CT molecular complexity index is 344. The van der Waals surface area contributed by atoms with E-state index >= 15 is 0 Å². The van der Waals surface area contributed by atoms with Crippen LogP contribution in [0.4, 0.5) is 0 Å². The van der Waals surface area contributed by atoms with Gasteiger partial charge in [0, 0.05) is 0 Å². The predicted molar refractivity (Wildman–Crippen MR) is 46.3 cm³/mol. The van der Waals surface area contributed by atoms with Crippen molar-refractivity contribution in [2.75, 3.05) is 0 Å². The fourth-order valence-corrected chi connectivity index (χ4v) is 6.97. The molecule has 1 heterocycles. The van der Waals surface area contributed by atoms with E-state index in [0.29, 0.717) is 5.30 Å². The van der Waals surface area contributed by atoms with Crippen LogP contribution >= 0.6 is 7.60 Å². The molecule has 1 aliphatic rings. The van der Waals surface area contributed by atoms with Crippen LogP contribution in [0.15, 0.2) is 24.3 Å². The van der Waals surface area contributed by atoms with Crippen LogP contribution in [0.1, 0.15) is 5.56 Å². The van der Waals surface area contributed by atoms with Crippen LogP contribution in [-0.2, 0) is 9.51 Å². The summed E-state index contributed by atoms with van der Waals surface area (Å²) in [4.78, 5) is 0. The van der Waals surface area contributed by atoms with Crippen molar-refractivity contribution in [2.45, 2.75) is 6.92 Å². The van der Waals surface area contributed by atoms with E-state index in [4.69, 9.17) is 4.95 Å². The van der Waals surface area contributed by atoms with Gasteiger partial charge in [0.2, 0.25) is 0 Å². The summed E-state index contributed by atoms with van der Waals surface area (Å²) in [7, 11) is -2.79. The van der Waals surface area contributed by atoms with Crippen molar-refractivity contribution in [3.8, 4) is 0 Å².